The number of rotatable bonds is 6. The summed E-state index contributed by atoms with van der Waals surface area (Å²) in [6, 6.07) is 4.59. The molecule has 0 unspecified atom stereocenters. The number of hydrogen-bond donors (Lipinski definition) is 0. The number of carbonyl (C=O) groups is 1. The molecular formula is C14H19ClFNO. The summed E-state index contributed by atoms with van der Waals surface area (Å²) >= 11 is 5.58. The Morgan fingerprint density at radius 3 is 2.72 bits per heavy atom. The van der Waals surface area contributed by atoms with Gasteiger partial charge in [-0.25, -0.2) is 4.39 Å². The quantitative estimate of drug-likeness (QED) is 0.572. The van der Waals surface area contributed by atoms with E-state index in [1.54, 1.807) is 24.1 Å². The fraction of sp³-hybridized carbons (Fsp3) is 0.500. The molecule has 0 saturated heterocycles. The first kappa shape index (κ1) is 15.0. The van der Waals surface area contributed by atoms with Crippen LogP contribution in [0.15, 0.2) is 18.2 Å². The third-order valence-corrected chi connectivity index (χ3v) is 3.09. The van der Waals surface area contributed by atoms with Gasteiger partial charge in [0.2, 0.25) is 0 Å². The summed E-state index contributed by atoms with van der Waals surface area (Å²) in [6.07, 6.45) is 2.82. The summed E-state index contributed by atoms with van der Waals surface area (Å²) in [7, 11) is 1.70. The van der Waals surface area contributed by atoms with Gasteiger partial charge in [0.1, 0.15) is 5.82 Å². The standard InChI is InChI=1S/C14H19ClFNO/c1-11-6-7-13(16)12(10-11)14(18)17(2)9-5-3-4-8-15/h6-7,10H,3-5,8-9H2,1-2H3. The van der Waals surface area contributed by atoms with Crippen molar-refractivity contribution in [3.63, 3.8) is 0 Å². The van der Waals surface area contributed by atoms with Crippen molar-refractivity contribution in [2.45, 2.75) is 26.2 Å². The maximum absolute atomic E-state index is 13.6. The minimum absolute atomic E-state index is 0.148. The number of unbranched alkanes of at least 4 members (excludes halogenated alkanes) is 2. The van der Waals surface area contributed by atoms with Gasteiger partial charge in [0, 0.05) is 19.5 Å². The van der Waals surface area contributed by atoms with E-state index < -0.39 is 5.82 Å². The van der Waals surface area contributed by atoms with Crippen LogP contribution in [0.4, 0.5) is 4.39 Å². The van der Waals surface area contributed by atoms with Crippen LogP contribution in [0.2, 0.25) is 0 Å². The molecule has 0 atom stereocenters. The van der Waals surface area contributed by atoms with E-state index in [-0.39, 0.29) is 11.5 Å². The predicted octanol–water partition coefficient (Wildman–Crippen LogP) is 3.62. The van der Waals surface area contributed by atoms with E-state index in [1.165, 1.54) is 6.07 Å². The SMILES string of the molecule is Cc1ccc(F)c(C(=O)N(C)CCCCCCl)c1. The highest BCUT2D eigenvalue weighted by atomic mass is 35.5. The van der Waals surface area contributed by atoms with E-state index in [0.29, 0.717) is 12.4 Å². The van der Waals surface area contributed by atoms with Crippen molar-refractivity contribution in [1.29, 1.82) is 0 Å². The average molecular weight is 272 g/mol. The zero-order valence-electron chi connectivity index (χ0n) is 10.9. The second-order valence-electron chi connectivity index (χ2n) is 4.46. The highest BCUT2D eigenvalue weighted by molar-refractivity contribution is 6.17. The molecule has 0 heterocycles. The summed E-state index contributed by atoms with van der Waals surface area (Å²) in [5.41, 5.74) is 1.03. The summed E-state index contributed by atoms with van der Waals surface area (Å²) in [4.78, 5) is 13.6. The smallest absolute Gasteiger partial charge is 0.256 e. The molecular weight excluding hydrogens is 253 g/mol. The van der Waals surface area contributed by atoms with Gasteiger partial charge in [0.05, 0.1) is 5.56 Å². The molecule has 1 amide bonds. The van der Waals surface area contributed by atoms with E-state index in [4.69, 9.17) is 11.6 Å². The molecule has 0 radical (unpaired) electrons. The van der Waals surface area contributed by atoms with Gasteiger partial charge in [-0.1, -0.05) is 18.1 Å². The predicted molar refractivity (Wildman–Crippen MR) is 72.7 cm³/mol. The molecule has 0 aliphatic heterocycles. The molecule has 0 saturated carbocycles. The molecule has 100 valence electrons. The molecule has 0 fully saturated rings. The first-order valence-electron chi connectivity index (χ1n) is 6.14. The van der Waals surface area contributed by atoms with E-state index in [1.807, 2.05) is 6.92 Å². The van der Waals surface area contributed by atoms with E-state index in [2.05, 4.69) is 0 Å². The van der Waals surface area contributed by atoms with Crippen molar-refractivity contribution in [2.75, 3.05) is 19.5 Å². The number of aryl methyl sites for hydroxylation is 1. The Labute approximate surface area is 113 Å². The zero-order valence-corrected chi connectivity index (χ0v) is 11.6. The molecule has 0 N–H and O–H groups in total. The van der Waals surface area contributed by atoms with E-state index >= 15 is 0 Å². The fourth-order valence-corrected chi connectivity index (χ4v) is 1.92. The third kappa shape index (κ3) is 4.30. The van der Waals surface area contributed by atoms with Crippen LogP contribution in [-0.4, -0.2) is 30.3 Å². The normalized spacial score (nSPS) is 10.4. The van der Waals surface area contributed by atoms with Crippen molar-refractivity contribution < 1.29 is 9.18 Å². The van der Waals surface area contributed by atoms with Crippen molar-refractivity contribution in [1.82, 2.24) is 4.90 Å². The Hall–Kier alpha value is -1.09. The highest BCUT2D eigenvalue weighted by Crippen LogP contribution is 2.12. The van der Waals surface area contributed by atoms with Crippen molar-refractivity contribution >= 4 is 17.5 Å². The second-order valence-corrected chi connectivity index (χ2v) is 4.84. The minimum atomic E-state index is -0.460. The maximum Gasteiger partial charge on any atom is 0.256 e. The summed E-state index contributed by atoms with van der Waals surface area (Å²) < 4.78 is 13.6. The molecule has 0 spiro atoms. The number of nitrogens with zero attached hydrogens (tertiary/aromatic N) is 1. The second kappa shape index (κ2) is 7.37. The Kier molecular flexibility index (Phi) is 6.13. The lowest BCUT2D eigenvalue weighted by atomic mass is 10.1. The van der Waals surface area contributed by atoms with Crippen molar-refractivity contribution in [3.05, 3.63) is 35.1 Å². The molecule has 4 heteroatoms. The zero-order chi connectivity index (χ0) is 13.5. The summed E-state index contributed by atoms with van der Waals surface area (Å²) in [5.74, 6) is -0.0789. The van der Waals surface area contributed by atoms with Gasteiger partial charge in [0.25, 0.3) is 5.91 Å². The van der Waals surface area contributed by atoms with Crippen LogP contribution >= 0.6 is 11.6 Å². The van der Waals surface area contributed by atoms with Crippen LogP contribution in [0.3, 0.4) is 0 Å². The topological polar surface area (TPSA) is 20.3 Å². The van der Waals surface area contributed by atoms with Gasteiger partial charge in [-0.2, -0.15) is 0 Å². The van der Waals surface area contributed by atoms with Crippen LogP contribution in [0.5, 0.6) is 0 Å². The lowest BCUT2D eigenvalue weighted by Gasteiger charge is -2.17. The number of amides is 1. The molecule has 0 aliphatic rings. The van der Waals surface area contributed by atoms with Crippen LogP contribution < -0.4 is 0 Å². The van der Waals surface area contributed by atoms with Crippen LogP contribution in [0.1, 0.15) is 35.2 Å². The molecule has 1 rings (SSSR count). The molecule has 18 heavy (non-hydrogen) atoms. The lowest BCUT2D eigenvalue weighted by molar-refractivity contribution is 0.0788. The monoisotopic (exact) mass is 271 g/mol. The lowest BCUT2D eigenvalue weighted by Crippen LogP contribution is -2.28. The Morgan fingerprint density at radius 1 is 1.33 bits per heavy atom. The Balaban J connectivity index is 2.60. The first-order valence-corrected chi connectivity index (χ1v) is 6.67. The number of halogens is 2. The van der Waals surface area contributed by atoms with Crippen LogP contribution in [0.25, 0.3) is 0 Å². The molecule has 2 nitrogen and oxygen atoms in total. The van der Waals surface area contributed by atoms with Crippen LogP contribution in [-0.2, 0) is 0 Å². The van der Waals surface area contributed by atoms with Crippen molar-refractivity contribution in [2.24, 2.45) is 0 Å². The highest BCUT2D eigenvalue weighted by Gasteiger charge is 2.15. The molecule has 0 aliphatic carbocycles. The number of benzene rings is 1. The summed E-state index contributed by atoms with van der Waals surface area (Å²) in [6.45, 7) is 2.47. The molecule has 1 aromatic rings. The third-order valence-electron chi connectivity index (χ3n) is 2.83. The number of carbonyl (C=O) groups excluding carboxylic acids is 1. The van der Waals surface area contributed by atoms with Gasteiger partial charge in [-0.05, 0) is 31.9 Å². The largest absolute Gasteiger partial charge is 0.342 e. The fourth-order valence-electron chi connectivity index (χ4n) is 1.73. The minimum Gasteiger partial charge on any atom is -0.342 e. The van der Waals surface area contributed by atoms with Gasteiger partial charge >= 0.3 is 0 Å². The van der Waals surface area contributed by atoms with Crippen molar-refractivity contribution in [3.8, 4) is 0 Å². The van der Waals surface area contributed by atoms with Gasteiger partial charge < -0.3 is 4.90 Å². The molecule has 0 bridgehead atoms. The number of alkyl halides is 1. The first-order chi connectivity index (χ1) is 8.56. The van der Waals surface area contributed by atoms with Gasteiger partial charge in [0.15, 0.2) is 0 Å². The Morgan fingerprint density at radius 2 is 2.06 bits per heavy atom. The molecule has 0 aromatic heterocycles. The number of hydrogen-bond acceptors (Lipinski definition) is 1. The summed E-state index contributed by atoms with van der Waals surface area (Å²) in [5, 5.41) is 0. The van der Waals surface area contributed by atoms with E-state index in [9.17, 15) is 9.18 Å². The van der Waals surface area contributed by atoms with Gasteiger partial charge in [-0.3, -0.25) is 4.79 Å². The Bertz CT molecular complexity index is 409. The van der Waals surface area contributed by atoms with E-state index in [0.717, 1.165) is 24.8 Å². The van der Waals surface area contributed by atoms with Gasteiger partial charge in [-0.15, -0.1) is 11.6 Å². The van der Waals surface area contributed by atoms with Crippen LogP contribution in [0, 0.1) is 12.7 Å². The average Bonchev–Trinajstić information content (AvgIpc) is 2.36. The molecule has 1 aromatic carbocycles. The maximum atomic E-state index is 13.6.